The first-order valence-electron chi connectivity index (χ1n) is 10.1. The Morgan fingerprint density at radius 3 is 2.34 bits per heavy atom. The molecule has 0 saturated heterocycles. The quantitative estimate of drug-likeness (QED) is 0.451. The van der Waals surface area contributed by atoms with Gasteiger partial charge in [0.2, 0.25) is 0 Å². The number of nitrogens with one attached hydrogen (secondary N) is 3. The average molecular weight is 434 g/mol. The number of hydrogen-bond acceptors (Lipinski definition) is 5. The molecular weight excluding hydrogens is 412 g/mol. The lowest BCUT2D eigenvalue weighted by Gasteiger charge is -2.14. The van der Waals surface area contributed by atoms with Crippen LogP contribution in [0.5, 0.6) is 0 Å². The Balaban J connectivity index is 1.35. The van der Waals surface area contributed by atoms with Gasteiger partial charge < -0.3 is 15.2 Å². The van der Waals surface area contributed by atoms with Gasteiger partial charge >= 0.3 is 12.1 Å². The molecule has 9 nitrogen and oxygen atoms in total. The highest BCUT2D eigenvalue weighted by molar-refractivity contribution is 5.94. The van der Waals surface area contributed by atoms with E-state index >= 15 is 0 Å². The third kappa shape index (κ3) is 4.46. The van der Waals surface area contributed by atoms with Gasteiger partial charge in [0.1, 0.15) is 12.3 Å². The summed E-state index contributed by atoms with van der Waals surface area (Å²) < 4.78 is 5.45. The van der Waals surface area contributed by atoms with Gasteiger partial charge in [0, 0.05) is 18.0 Å². The summed E-state index contributed by atoms with van der Waals surface area (Å²) in [5.74, 6) is -1.48. The van der Waals surface area contributed by atoms with Crippen LogP contribution in [-0.2, 0) is 9.53 Å². The number of carbonyl (C=O) groups is 3. The van der Waals surface area contributed by atoms with Crippen LogP contribution in [0.25, 0.3) is 11.1 Å². The fourth-order valence-corrected chi connectivity index (χ4v) is 3.86. The van der Waals surface area contributed by atoms with Gasteiger partial charge in [-0.1, -0.05) is 48.5 Å². The molecule has 9 heteroatoms. The highest BCUT2D eigenvalue weighted by Gasteiger charge is 2.29. The Hall–Kier alpha value is -4.14. The largest absolute Gasteiger partial charge is 0.481 e. The van der Waals surface area contributed by atoms with Crippen LogP contribution in [0.2, 0.25) is 0 Å². The molecule has 3 aromatic rings. The van der Waals surface area contributed by atoms with Crippen LogP contribution in [-0.4, -0.2) is 45.9 Å². The van der Waals surface area contributed by atoms with Gasteiger partial charge in [-0.25, -0.2) is 4.79 Å². The second-order valence-corrected chi connectivity index (χ2v) is 7.59. The molecule has 2 aromatic carbocycles. The predicted molar refractivity (Wildman–Crippen MR) is 116 cm³/mol. The van der Waals surface area contributed by atoms with Crippen molar-refractivity contribution in [1.29, 1.82) is 0 Å². The second kappa shape index (κ2) is 8.93. The number of aromatic amines is 1. The van der Waals surface area contributed by atoms with Crippen molar-refractivity contribution in [2.75, 3.05) is 11.9 Å². The number of H-pyrrole nitrogens is 1. The SMILES string of the molecule is C[C@H](CC(=O)O)NC(=O)c1cc(NC(=O)OCC2c3ccccc3-c3ccccc32)n[nH]1. The van der Waals surface area contributed by atoms with Gasteiger partial charge in [-0.3, -0.25) is 20.0 Å². The fraction of sp³-hybridized carbons (Fsp3) is 0.217. The minimum atomic E-state index is -1.01. The number of carboxylic acids is 1. The van der Waals surface area contributed by atoms with Crippen LogP contribution >= 0.6 is 0 Å². The van der Waals surface area contributed by atoms with Gasteiger partial charge in [-0.15, -0.1) is 0 Å². The van der Waals surface area contributed by atoms with Crippen molar-refractivity contribution in [2.45, 2.75) is 25.3 Å². The number of anilines is 1. The van der Waals surface area contributed by atoms with Gasteiger partial charge in [-0.05, 0) is 29.2 Å². The van der Waals surface area contributed by atoms with Gasteiger partial charge in [-0.2, -0.15) is 5.10 Å². The number of benzene rings is 2. The van der Waals surface area contributed by atoms with Crippen molar-refractivity contribution < 1.29 is 24.2 Å². The van der Waals surface area contributed by atoms with Crippen molar-refractivity contribution in [3.63, 3.8) is 0 Å². The number of rotatable bonds is 7. The molecule has 164 valence electrons. The van der Waals surface area contributed by atoms with Crippen molar-refractivity contribution in [1.82, 2.24) is 15.5 Å². The molecule has 0 aliphatic heterocycles. The lowest BCUT2D eigenvalue weighted by molar-refractivity contribution is -0.137. The molecule has 0 spiro atoms. The van der Waals surface area contributed by atoms with Crippen molar-refractivity contribution in [2.24, 2.45) is 0 Å². The number of aromatic nitrogens is 2. The molecule has 1 atom stereocenters. The first-order chi connectivity index (χ1) is 15.4. The first kappa shape index (κ1) is 21.1. The van der Waals surface area contributed by atoms with Crippen LogP contribution in [0, 0.1) is 0 Å². The van der Waals surface area contributed by atoms with Crippen molar-refractivity contribution in [3.05, 3.63) is 71.4 Å². The first-order valence-corrected chi connectivity index (χ1v) is 10.1. The molecule has 0 saturated carbocycles. The minimum absolute atomic E-state index is 0.0654. The summed E-state index contributed by atoms with van der Waals surface area (Å²) in [5.41, 5.74) is 4.58. The number of carboxylic acid groups (broad SMARTS) is 1. The maximum Gasteiger partial charge on any atom is 0.412 e. The van der Waals surface area contributed by atoms with E-state index in [1.807, 2.05) is 36.4 Å². The van der Waals surface area contributed by atoms with Crippen LogP contribution in [0.1, 0.15) is 40.9 Å². The summed E-state index contributed by atoms with van der Waals surface area (Å²) in [6.07, 6.45) is -0.894. The zero-order valence-electron chi connectivity index (χ0n) is 17.3. The number of hydrogen-bond donors (Lipinski definition) is 4. The molecule has 32 heavy (non-hydrogen) atoms. The van der Waals surface area contributed by atoms with Gasteiger partial charge in [0.15, 0.2) is 5.82 Å². The number of ether oxygens (including phenoxy) is 1. The number of carbonyl (C=O) groups excluding carboxylic acids is 2. The molecule has 4 N–H and O–H groups in total. The Bertz CT molecular complexity index is 1130. The van der Waals surface area contributed by atoms with E-state index in [2.05, 4.69) is 33.0 Å². The van der Waals surface area contributed by atoms with Crippen molar-refractivity contribution in [3.8, 4) is 11.1 Å². The third-order valence-electron chi connectivity index (χ3n) is 5.25. The normalized spacial score (nSPS) is 13.0. The van der Waals surface area contributed by atoms with Crippen LogP contribution in [0.4, 0.5) is 10.6 Å². The molecular formula is C23H22N4O5. The number of fused-ring (bicyclic) bond motifs is 3. The fourth-order valence-electron chi connectivity index (χ4n) is 3.86. The van der Waals surface area contributed by atoms with E-state index < -0.39 is 24.0 Å². The topological polar surface area (TPSA) is 133 Å². The summed E-state index contributed by atoms with van der Waals surface area (Å²) in [7, 11) is 0. The zero-order chi connectivity index (χ0) is 22.7. The third-order valence-corrected chi connectivity index (χ3v) is 5.25. The molecule has 1 aromatic heterocycles. The summed E-state index contributed by atoms with van der Waals surface area (Å²) >= 11 is 0. The maximum atomic E-state index is 12.3. The molecule has 0 bridgehead atoms. The molecule has 1 heterocycles. The zero-order valence-corrected chi connectivity index (χ0v) is 17.3. The van der Waals surface area contributed by atoms with E-state index in [4.69, 9.17) is 9.84 Å². The molecule has 1 aliphatic carbocycles. The monoisotopic (exact) mass is 434 g/mol. The van der Waals surface area contributed by atoms with E-state index in [9.17, 15) is 14.4 Å². The molecule has 0 radical (unpaired) electrons. The van der Waals surface area contributed by atoms with E-state index in [0.29, 0.717) is 0 Å². The molecule has 0 fully saturated rings. The predicted octanol–water partition coefficient (Wildman–Crippen LogP) is 3.36. The van der Waals surface area contributed by atoms with Crippen LogP contribution in [0.3, 0.4) is 0 Å². The lowest BCUT2D eigenvalue weighted by Crippen LogP contribution is -2.34. The van der Waals surface area contributed by atoms with Crippen molar-refractivity contribution >= 4 is 23.8 Å². The number of nitrogens with zero attached hydrogens (tertiary/aromatic N) is 1. The summed E-state index contributed by atoms with van der Waals surface area (Å²) in [4.78, 5) is 35.2. The van der Waals surface area contributed by atoms with Gasteiger partial charge in [0.05, 0.1) is 6.42 Å². The molecule has 0 unspecified atom stereocenters. The Kier molecular flexibility index (Phi) is 5.89. The van der Waals surface area contributed by atoms with E-state index in [1.165, 1.54) is 6.07 Å². The standard InChI is InChI=1S/C23H22N4O5/c1-13(10-21(28)29)24-22(30)19-11-20(27-26-19)25-23(31)32-12-18-16-8-4-2-6-14(16)15-7-3-5-9-17(15)18/h2-9,11,13,18H,10,12H2,1H3,(H,24,30)(H,28,29)(H2,25,26,27,31)/t13-/m1/s1. The minimum Gasteiger partial charge on any atom is -0.481 e. The summed E-state index contributed by atoms with van der Waals surface area (Å²) in [6.45, 7) is 1.74. The lowest BCUT2D eigenvalue weighted by atomic mass is 9.98. The number of amides is 2. The van der Waals surface area contributed by atoms with E-state index in [0.717, 1.165) is 22.3 Å². The van der Waals surface area contributed by atoms with E-state index in [1.54, 1.807) is 6.92 Å². The second-order valence-electron chi connectivity index (χ2n) is 7.59. The van der Waals surface area contributed by atoms with Gasteiger partial charge in [0.25, 0.3) is 5.91 Å². The Labute approximate surface area is 183 Å². The van der Waals surface area contributed by atoms with Crippen LogP contribution < -0.4 is 10.6 Å². The van der Waals surface area contributed by atoms with E-state index in [-0.39, 0.29) is 30.5 Å². The number of aliphatic carboxylic acids is 1. The highest BCUT2D eigenvalue weighted by Crippen LogP contribution is 2.44. The highest BCUT2D eigenvalue weighted by atomic mass is 16.5. The Morgan fingerprint density at radius 1 is 1.09 bits per heavy atom. The molecule has 2 amide bonds. The Morgan fingerprint density at radius 2 is 1.72 bits per heavy atom. The summed E-state index contributed by atoms with van der Waals surface area (Å²) in [5, 5.41) is 20.2. The summed E-state index contributed by atoms with van der Waals surface area (Å²) in [6, 6.07) is 16.9. The molecule has 1 aliphatic rings. The smallest absolute Gasteiger partial charge is 0.412 e. The maximum absolute atomic E-state index is 12.3. The average Bonchev–Trinajstić information content (AvgIpc) is 3.34. The van der Waals surface area contributed by atoms with Crippen LogP contribution in [0.15, 0.2) is 54.6 Å². The molecule has 4 rings (SSSR count).